The smallest absolute Gasteiger partial charge is 0.254 e. The Hall–Kier alpha value is -2.69. The Kier molecular flexibility index (Phi) is 4.23. The van der Waals surface area contributed by atoms with Crippen LogP contribution in [-0.2, 0) is 11.2 Å². The Morgan fingerprint density at radius 3 is 2.81 bits per heavy atom. The third-order valence-corrected chi connectivity index (χ3v) is 5.40. The molecule has 134 valence electrons. The van der Waals surface area contributed by atoms with Gasteiger partial charge in [-0.25, -0.2) is 4.39 Å². The highest BCUT2D eigenvalue weighted by Gasteiger charge is 2.41. The summed E-state index contributed by atoms with van der Waals surface area (Å²) in [5, 5.41) is 2.94. The van der Waals surface area contributed by atoms with Crippen LogP contribution in [0.5, 0.6) is 0 Å². The second-order valence-electron chi connectivity index (χ2n) is 7.27. The summed E-state index contributed by atoms with van der Waals surface area (Å²) in [6.07, 6.45) is 1.01. The molecule has 2 aliphatic rings. The zero-order valence-electron chi connectivity index (χ0n) is 14.7. The summed E-state index contributed by atoms with van der Waals surface area (Å²) >= 11 is 0. The van der Waals surface area contributed by atoms with Gasteiger partial charge in [-0.05, 0) is 42.2 Å². The number of nitrogens with one attached hydrogen (secondary N) is 1. The van der Waals surface area contributed by atoms with Crippen molar-refractivity contribution in [1.82, 2.24) is 10.2 Å². The van der Waals surface area contributed by atoms with E-state index in [2.05, 4.69) is 5.32 Å². The largest absolute Gasteiger partial charge is 0.351 e. The molecule has 2 heterocycles. The van der Waals surface area contributed by atoms with Gasteiger partial charge in [-0.15, -0.1) is 0 Å². The summed E-state index contributed by atoms with van der Waals surface area (Å²) in [5.74, 6) is 0.0463. The fraction of sp³-hybridized carbons (Fsp3) is 0.333. The Labute approximate surface area is 152 Å². The van der Waals surface area contributed by atoms with Crippen molar-refractivity contribution >= 4 is 11.8 Å². The number of benzene rings is 2. The lowest BCUT2D eigenvalue weighted by atomic mass is 9.98. The molecule has 26 heavy (non-hydrogen) atoms. The minimum atomic E-state index is -0.227. The third-order valence-electron chi connectivity index (χ3n) is 5.40. The molecule has 1 N–H and O–H groups in total. The molecule has 2 aliphatic heterocycles. The van der Waals surface area contributed by atoms with Gasteiger partial charge < -0.3 is 10.2 Å². The fourth-order valence-electron chi connectivity index (χ4n) is 3.93. The highest BCUT2D eigenvalue weighted by molar-refractivity contribution is 5.96. The molecule has 2 aromatic rings. The minimum Gasteiger partial charge on any atom is -0.351 e. The number of amides is 2. The van der Waals surface area contributed by atoms with Crippen molar-refractivity contribution in [2.45, 2.75) is 25.8 Å². The first kappa shape index (κ1) is 16.8. The predicted molar refractivity (Wildman–Crippen MR) is 96.3 cm³/mol. The molecule has 2 saturated heterocycles. The monoisotopic (exact) mass is 352 g/mol. The lowest BCUT2D eigenvalue weighted by Gasteiger charge is -2.19. The van der Waals surface area contributed by atoms with Crippen molar-refractivity contribution in [2.24, 2.45) is 5.92 Å². The highest BCUT2D eigenvalue weighted by atomic mass is 19.1. The van der Waals surface area contributed by atoms with Crippen LogP contribution in [0.3, 0.4) is 0 Å². The number of rotatable bonds is 3. The number of hydrogen-bond donors (Lipinski definition) is 1. The van der Waals surface area contributed by atoms with Gasteiger partial charge in [0.1, 0.15) is 5.82 Å². The zero-order chi connectivity index (χ0) is 18.3. The van der Waals surface area contributed by atoms with Crippen LogP contribution in [0.4, 0.5) is 4.39 Å². The fourth-order valence-corrected chi connectivity index (χ4v) is 3.93. The van der Waals surface area contributed by atoms with Crippen LogP contribution < -0.4 is 5.32 Å². The first-order valence-electron chi connectivity index (χ1n) is 8.93. The van der Waals surface area contributed by atoms with Crippen LogP contribution in [0.2, 0.25) is 0 Å². The van der Waals surface area contributed by atoms with Gasteiger partial charge in [0.25, 0.3) is 5.91 Å². The minimum absolute atomic E-state index is 0.0168. The summed E-state index contributed by atoms with van der Waals surface area (Å²) in [4.78, 5) is 26.3. The van der Waals surface area contributed by atoms with E-state index in [0.717, 1.165) is 11.1 Å². The van der Waals surface area contributed by atoms with Gasteiger partial charge in [-0.1, -0.05) is 30.3 Å². The molecule has 2 aromatic carbocycles. The van der Waals surface area contributed by atoms with Gasteiger partial charge in [0.15, 0.2) is 0 Å². The predicted octanol–water partition coefficient (Wildman–Crippen LogP) is 2.69. The van der Waals surface area contributed by atoms with E-state index in [-0.39, 0.29) is 29.6 Å². The van der Waals surface area contributed by atoms with Gasteiger partial charge in [-0.3, -0.25) is 9.59 Å². The maximum Gasteiger partial charge on any atom is 0.254 e. The van der Waals surface area contributed by atoms with Crippen molar-refractivity contribution in [1.29, 1.82) is 0 Å². The molecule has 2 amide bonds. The average molecular weight is 352 g/mol. The molecule has 0 spiro atoms. The molecular formula is C21H21FN2O2. The van der Waals surface area contributed by atoms with Crippen LogP contribution in [-0.4, -0.2) is 35.8 Å². The number of fused-ring (bicyclic) bond motifs is 1. The molecule has 0 aromatic heterocycles. The Bertz CT molecular complexity index is 864. The van der Waals surface area contributed by atoms with Crippen molar-refractivity contribution in [3.63, 3.8) is 0 Å². The van der Waals surface area contributed by atoms with Crippen molar-refractivity contribution in [3.8, 4) is 0 Å². The molecule has 0 saturated carbocycles. The molecule has 2 atom stereocenters. The highest BCUT2D eigenvalue weighted by Crippen LogP contribution is 2.27. The number of halogens is 1. The van der Waals surface area contributed by atoms with Gasteiger partial charge in [-0.2, -0.15) is 0 Å². The second-order valence-corrected chi connectivity index (χ2v) is 7.27. The summed E-state index contributed by atoms with van der Waals surface area (Å²) in [6, 6.07) is 12.8. The maximum atomic E-state index is 13.8. The lowest BCUT2D eigenvalue weighted by Crippen LogP contribution is -2.35. The molecular weight excluding hydrogens is 331 g/mol. The van der Waals surface area contributed by atoms with Gasteiger partial charge in [0.2, 0.25) is 5.91 Å². The number of carbonyl (C=O) groups is 2. The number of aryl methyl sites for hydroxylation is 1. The average Bonchev–Trinajstić information content (AvgIpc) is 3.15. The van der Waals surface area contributed by atoms with Crippen LogP contribution in [0.15, 0.2) is 42.5 Å². The SMILES string of the molecule is Cc1ccc(Cc2ccccc2C(=O)N2C[C@@H]3CC(=O)N[C@@H]3C2)cc1F. The summed E-state index contributed by atoms with van der Waals surface area (Å²) < 4.78 is 13.8. The van der Waals surface area contributed by atoms with Gasteiger partial charge >= 0.3 is 0 Å². The Morgan fingerprint density at radius 1 is 1.23 bits per heavy atom. The van der Waals surface area contributed by atoms with E-state index < -0.39 is 0 Å². The molecule has 5 heteroatoms. The quantitative estimate of drug-likeness (QED) is 0.923. The maximum absolute atomic E-state index is 13.8. The van der Waals surface area contributed by atoms with E-state index in [9.17, 15) is 14.0 Å². The van der Waals surface area contributed by atoms with Gasteiger partial charge in [0, 0.05) is 31.0 Å². The molecule has 4 nitrogen and oxygen atoms in total. The zero-order valence-corrected chi connectivity index (χ0v) is 14.7. The number of carbonyl (C=O) groups excluding carboxylic acids is 2. The topological polar surface area (TPSA) is 49.4 Å². The van der Waals surface area contributed by atoms with E-state index in [4.69, 9.17) is 0 Å². The Morgan fingerprint density at radius 2 is 2.04 bits per heavy atom. The lowest BCUT2D eigenvalue weighted by molar-refractivity contribution is -0.119. The Balaban J connectivity index is 1.55. The van der Waals surface area contributed by atoms with Crippen LogP contribution in [0.1, 0.15) is 33.5 Å². The molecule has 0 unspecified atom stereocenters. The van der Waals surface area contributed by atoms with Crippen molar-refractivity contribution < 1.29 is 14.0 Å². The van der Waals surface area contributed by atoms with Crippen LogP contribution in [0.25, 0.3) is 0 Å². The van der Waals surface area contributed by atoms with Crippen molar-refractivity contribution in [2.75, 3.05) is 13.1 Å². The molecule has 0 bridgehead atoms. The standard InChI is InChI=1S/C21H21FN2O2/c1-13-6-7-14(9-18(13)22)8-15-4-2-3-5-17(15)21(26)24-11-16-10-20(25)23-19(16)12-24/h2-7,9,16,19H,8,10-12H2,1H3,(H,23,25)/t16-,19+/m0/s1. The first-order valence-corrected chi connectivity index (χ1v) is 8.93. The van der Waals surface area contributed by atoms with E-state index in [1.54, 1.807) is 13.0 Å². The van der Waals surface area contributed by atoms with Crippen molar-refractivity contribution in [3.05, 3.63) is 70.5 Å². The molecule has 0 aliphatic carbocycles. The normalized spacial score (nSPS) is 21.6. The summed E-state index contributed by atoms with van der Waals surface area (Å²) in [6.45, 7) is 2.90. The van der Waals surface area contributed by atoms with Gasteiger partial charge in [0.05, 0.1) is 6.04 Å². The first-order chi connectivity index (χ1) is 12.5. The van der Waals surface area contributed by atoms with E-state index >= 15 is 0 Å². The summed E-state index contributed by atoms with van der Waals surface area (Å²) in [5.41, 5.74) is 3.00. The van der Waals surface area contributed by atoms with E-state index in [1.807, 2.05) is 35.2 Å². The van der Waals surface area contributed by atoms with Crippen LogP contribution in [0, 0.1) is 18.7 Å². The third kappa shape index (κ3) is 3.09. The molecule has 4 rings (SSSR count). The number of nitrogens with zero attached hydrogens (tertiary/aromatic N) is 1. The number of hydrogen-bond acceptors (Lipinski definition) is 2. The van der Waals surface area contributed by atoms with E-state index in [0.29, 0.717) is 37.1 Å². The molecule has 0 radical (unpaired) electrons. The second kappa shape index (κ2) is 6.56. The summed E-state index contributed by atoms with van der Waals surface area (Å²) in [7, 11) is 0. The van der Waals surface area contributed by atoms with E-state index in [1.165, 1.54) is 6.07 Å². The van der Waals surface area contributed by atoms with Crippen LogP contribution >= 0.6 is 0 Å². The number of likely N-dealkylation sites (tertiary alicyclic amines) is 1. The molecule has 2 fully saturated rings.